The number of nitrogens with zero attached hydrogens (tertiary/aromatic N) is 1. The van der Waals surface area contributed by atoms with E-state index in [2.05, 4.69) is 4.98 Å². The molecule has 0 N–H and O–H groups in total. The minimum Gasteiger partial charge on any atom is -0.490 e. The molecule has 0 radical (unpaired) electrons. The highest BCUT2D eigenvalue weighted by Gasteiger charge is 2.16. The lowest BCUT2D eigenvalue weighted by Crippen LogP contribution is -2.15. The van der Waals surface area contributed by atoms with Crippen molar-refractivity contribution in [1.82, 2.24) is 4.98 Å². The van der Waals surface area contributed by atoms with Crippen LogP contribution in [0.3, 0.4) is 0 Å². The van der Waals surface area contributed by atoms with Gasteiger partial charge in [0.25, 0.3) is 0 Å². The van der Waals surface area contributed by atoms with E-state index < -0.39 is 5.97 Å². The number of rotatable bonds is 5. The van der Waals surface area contributed by atoms with Crippen LogP contribution >= 0.6 is 0 Å². The monoisotopic (exact) mass is 291 g/mol. The number of carbonyl (C=O) groups is 1. The second-order valence-corrected chi connectivity index (χ2v) is 4.72. The Kier molecular flexibility index (Phi) is 4.73. The molecule has 21 heavy (non-hydrogen) atoms. The maximum atomic E-state index is 13.5. The Hall–Kier alpha value is -2.17. The molecule has 0 fully saturated rings. The molecule has 0 bridgehead atoms. The zero-order valence-corrected chi connectivity index (χ0v) is 12.4. The van der Waals surface area contributed by atoms with Crippen LogP contribution in [-0.2, 0) is 4.74 Å². The van der Waals surface area contributed by atoms with Gasteiger partial charge in [0.1, 0.15) is 11.6 Å². The number of methoxy groups -OCH3 is 1. The zero-order valence-electron chi connectivity index (χ0n) is 12.4. The van der Waals surface area contributed by atoms with Crippen molar-refractivity contribution < 1.29 is 18.7 Å². The molecule has 0 saturated heterocycles. The van der Waals surface area contributed by atoms with Crippen molar-refractivity contribution in [3.63, 3.8) is 0 Å². The highest BCUT2D eigenvalue weighted by molar-refractivity contribution is 5.94. The smallest absolute Gasteiger partial charge is 0.356 e. The summed E-state index contributed by atoms with van der Waals surface area (Å²) in [5.41, 5.74) is 0.651. The first kappa shape index (κ1) is 15.2. The van der Waals surface area contributed by atoms with Gasteiger partial charge in [0, 0.05) is 11.5 Å². The van der Waals surface area contributed by atoms with Gasteiger partial charge in [-0.25, -0.2) is 14.2 Å². The number of pyridine rings is 1. The van der Waals surface area contributed by atoms with Gasteiger partial charge in [-0.05, 0) is 31.0 Å². The van der Waals surface area contributed by atoms with Crippen molar-refractivity contribution >= 4 is 16.9 Å². The third-order valence-corrected chi connectivity index (χ3v) is 3.33. The molecule has 1 aromatic heterocycles. The number of halogens is 1. The topological polar surface area (TPSA) is 48.4 Å². The van der Waals surface area contributed by atoms with E-state index in [0.29, 0.717) is 16.7 Å². The summed E-state index contributed by atoms with van der Waals surface area (Å²) >= 11 is 0. The first-order valence-electron chi connectivity index (χ1n) is 6.94. The van der Waals surface area contributed by atoms with Gasteiger partial charge in [-0.3, -0.25) is 0 Å². The van der Waals surface area contributed by atoms with Gasteiger partial charge in [-0.2, -0.15) is 0 Å². The summed E-state index contributed by atoms with van der Waals surface area (Å²) in [6, 6.07) is 5.70. The Morgan fingerprint density at radius 1 is 1.29 bits per heavy atom. The Balaban J connectivity index is 2.57. The third-order valence-electron chi connectivity index (χ3n) is 3.33. The molecule has 0 aliphatic heterocycles. The predicted octanol–water partition coefficient (Wildman–Crippen LogP) is 3.73. The molecule has 0 aliphatic carbocycles. The summed E-state index contributed by atoms with van der Waals surface area (Å²) in [5.74, 6) is -0.464. The van der Waals surface area contributed by atoms with Crippen LogP contribution in [0.2, 0.25) is 0 Å². The highest BCUT2D eigenvalue weighted by atomic mass is 19.1. The van der Waals surface area contributed by atoms with E-state index in [0.717, 1.165) is 12.8 Å². The minimum absolute atomic E-state index is 0.00404. The molecule has 5 heteroatoms. The number of aromatic nitrogens is 1. The molecule has 1 aromatic carbocycles. The van der Waals surface area contributed by atoms with E-state index >= 15 is 0 Å². The molecular formula is C16H18FNO3. The van der Waals surface area contributed by atoms with E-state index in [9.17, 15) is 9.18 Å². The summed E-state index contributed by atoms with van der Waals surface area (Å²) in [5, 5.41) is 0.551. The quantitative estimate of drug-likeness (QED) is 0.788. The van der Waals surface area contributed by atoms with Gasteiger partial charge in [0.05, 0.1) is 18.7 Å². The highest BCUT2D eigenvalue weighted by Crippen LogP contribution is 2.28. The average Bonchev–Trinajstić information content (AvgIpc) is 2.51. The van der Waals surface area contributed by atoms with E-state index in [-0.39, 0.29) is 17.6 Å². The molecular weight excluding hydrogens is 273 g/mol. The Labute approximate surface area is 122 Å². The van der Waals surface area contributed by atoms with E-state index in [1.165, 1.54) is 31.4 Å². The first-order chi connectivity index (χ1) is 10.1. The van der Waals surface area contributed by atoms with Crippen LogP contribution in [0, 0.1) is 5.82 Å². The molecule has 0 atom stereocenters. The fourth-order valence-electron chi connectivity index (χ4n) is 2.11. The summed E-state index contributed by atoms with van der Waals surface area (Å²) in [4.78, 5) is 15.9. The van der Waals surface area contributed by atoms with Crippen LogP contribution in [0.25, 0.3) is 10.9 Å². The summed E-state index contributed by atoms with van der Waals surface area (Å²) in [6.07, 6.45) is 1.65. The first-order valence-corrected chi connectivity index (χ1v) is 6.94. The van der Waals surface area contributed by atoms with Gasteiger partial charge < -0.3 is 9.47 Å². The van der Waals surface area contributed by atoms with Crippen molar-refractivity contribution in [2.24, 2.45) is 0 Å². The van der Waals surface area contributed by atoms with Crippen LogP contribution in [0.15, 0.2) is 24.3 Å². The fourth-order valence-corrected chi connectivity index (χ4v) is 2.11. The molecule has 1 heterocycles. The molecule has 0 unspecified atom stereocenters. The molecule has 0 saturated carbocycles. The Bertz CT molecular complexity index is 653. The molecule has 4 nitrogen and oxygen atoms in total. The van der Waals surface area contributed by atoms with E-state index in [1.54, 1.807) is 0 Å². The Morgan fingerprint density at radius 2 is 2.00 bits per heavy atom. The van der Waals surface area contributed by atoms with Gasteiger partial charge in [0.15, 0.2) is 5.69 Å². The van der Waals surface area contributed by atoms with Crippen LogP contribution in [-0.4, -0.2) is 24.2 Å². The molecule has 0 amide bonds. The van der Waals surface area contributed by atoms with Gasteiger partial charge in [-0.1, -0.05) is 13.8 Å². The van der Waals surface area contributed by atoms with Gasteiger partial charge in [0.2, 0.25) is 0 Å². The largest absolute Gasteiger partial charge is 0.490 e. The number of esters is 1. The SMILES string of the molecule is CCC(CC)Oc1cc(C(=O)OC)nc2ccc(F)cc12. The number of carbonyl (C=O) groups excluding carboxylic acids is 1. The maximum absolute atomic E-state index is 13.5. The van der Waals surface area contributed by atoms with Crippen LogP contribution in [0.1, 0.15) is 37.2 Å². The Morgan fingerprint density at radius 3 is 2.62 bits per heavy atom. The molecule has 2 aromatic rings. The molecule has 0 spiro atoms. The summed E-state index contributed by atoms with van der Waals surface area (Å²) in [7, 11) is 1.29. The normalized spacial score (nSPS) is 10.9. The molecule has 0 aliphatic rings. The van der Waals surface area contributed by atoms with Crippen molar-refractivity contribution in [1.29, 1.82) is 0 Å². The average molecular weight is 291 g/mol. The van der Waals surface area contributed by atoms with Crippen molar-refractivity contribution in [3.05, 3.63) is 35.8 Å². The molecule has 2 rings (SSSR count). The second-order valence-electron chi connectivity index (χ2n) is 4.72. The van der Waals surface area contributed by atoms with Gasteiger partial charge >= 0.3 is 5.97 Å². The van der Waals surface area contributed by atoms with E-state index in [1.807, 2.05) is 13.8 Å². The van der Waals surface area contributed by atoms with Crippen LogP contribution in [0.4, 0.5) is 4.39 Å². The number of ether oxygens (including phenoxy) is 2. The number of fused-ring (bicyclic) bond motifs is 1. The maximum Gasteiger partial charge on any atom is 0.356 e. The summed E-state index contributed by atoms with van der Waals surface area (Å²) < 4.78 is 24.1. The second kappa shape index (κ2) is 6.52. The third kappa shape index (κ3) is 3.29. The number of hydrogen-bond acceptors (Lipinski definition) is 4. The minimum atomic E-state index is -0.546. The van der Waals surface area contributed by atoms with Crippen molar-refractivity contribution in [3.8, 4) is 5.75 Å². The lowest BCUT2D eigenvalue weighted by atomic mass is 10.1. The van der Waals surface area contributed by atoms with Crippen molar-refractivity contribution in [2.45, 2.75) is 32.8 Å². The standard InChI is InChI=1S/C16H18FNO3/c1-4-11(5-2)21-15-9-14(16(19)20-3)18-13-7-6-10(17)8-12(13)15/h6-9,11H,4-5H2,1-3H3. The van der Waals surface area contributed by atoms with Crippen LogP contribution in [0.5, 0.6) is 5.75 Å². The number of hydrogen-bond donors (Lipinski definition) is 0. The predicted molar refractivity (Wildman–Crippen MR) is 78.0 cm³/mol. The number of benzene rings is 1. The summed E-state index contributed by atoms with van der Waals surface area (Å²) in [6.45, 7) is 4.03. The van der Waals surface area contributed by atoms with Crippen LogP contribution < -0.4 is 4.74 Å². The molecule has 112 valence electrons. The lowest BCUT2D eigenvalue weighted by Gasteiger charge is -2.17. The zero-order chi connectivity index (χ0) is 15.4. The van der Waals surface area contributed by atoms with Crippen molar-refractivity contribution in [2.75, 3.05) is 7.11 Å². The van der Waals surface area contributed by atoms with E-state index in [4.69, 9.17) is 9.47 Å². The lowest BCUT2D eigenvalue weighted by molar-refractivity contribution is 0.0593. The fraction of sp³-hybridized carbons (Fsp3) is 0.375. The van der Waals surface area contributed by atoms with Gasteiger partial charge in [-0.15, -0.1) is 0 Å².